The van der Waals surface area contributed by atoms with E-state index in [4.69, 9.17) is 4.42 Å². The van der Waals surface area contributed by atoms with Gasteiger partial charge in [0.05, 0.1) is 23.1 Å². The van der Waals surface area contributed by atoms with Gasteiger partial charge < -0.3 is 4.42 Å². The standard InChI is InChI=1S/C15H10F3N3O2/c16-15(17,18)9-4-3-8(13-12(9)21-14(22)23-13)11-6-19-10(5-20-11)7-1-2-7/h3-7H,1-2H2,(H,21,22). The summed E-state index contributed by atoms with van der Waals surface area (Å²) in [4.78, 5) is 22.0. The number of aromatic amines is 1. The van der Waals surface area contributed by atoms with Crippen molar-refractivity contribution in [2.45, 2.75) is 24.9 Å². The molecule has 23 heavy (non-hydrogen) atoms. The van der Waals surface area contributed by atoms with Gasteiger partial charge in [0.25, 0.3) is 0 Å². The summed E-state index contributed by atoms with van der Waals surface area (Å²) >= 11 is 0. The van der Waals surface area contributed by atoms with E-state index in [1.54, 1.807) is 6.20 Å². The minimum atomic E-state index is -4.59. The van der Waals surface area contributed by atoms with E-state index in [0.717, 1.165) is 24.6 Å². The van der Waals surface area contributed by atoms with Crippen molar-refractivity contribution in [2.75, 3.05) is 0 Å². The van der Waals surface area contributed by atoms with Gasteiger partial charge in [-0.05, 0) is 25.0 Å². The second-order valence-electron chi connectivity index (χ2n) is 5.48. The normalized spacial score (nSPS) is 15.3. The predicted octanol–water partition coefficient (Wildman–Crippen LogP) is 3.47. The fourth-order valence-corrected chi connectivity index (χ4v) is 2.54. The molecule has 1 aromatic carbocycles. The Morgan fingerprint density at radius 1 is 1.17 bits per heavy atom. The maximum absolute atomic E-state index is 13.0. The van der Waals surface area contributed by atoms with E-state index in [-0.39, 0.29) is 11.1 Å². The topological polar surface area (TPSA) is 71.8 Å². The van der Waals surface area contributed by atoms with Crippen LogP contribution in [0.25, 0.3) is 22.4 Å². The fourth-order valence-electron chi connectivity index (χ4n) is 2.54. The molecule has 0 amide bonds. The average molecular weight is 321 g/mol. The molecule has 118 valence electrons. The Hall–Kier alpha value is -2.64. The van der Waals surface area contributed by atoms with Crippen LogP contribution in [0.4, 0.5) is 13.2 Å². The molecule has 0 bridgehead atoms. The Morgan fingerprint density at radius 3 is 2.57 bits per heavy atom. The Labute approximate surface area is 127 Å². The summed E-state index contributed by atoms with van der Waals surface area (Å²) < 4.78 is 44.0. The number of nitrogens with one attached hydrogen (secondary N) is 1. The van der Waals surface area contributed by atoms with Gasteiger partial charge in [0.2, 0.25) is 0 Å². The SMILES string of the molecule is O=c1[nH]c2c(C(F)(F)F)ccc(-c3cnc(C4CC4)cn3)c2o1. The summed E-state index contributed by atoms with van der Waals surface area (Å²) in [7, 11) is 0. The zero-order chi connectivity index (χ0) is 16.2. The zero-order valence-corrected chi connectivity index (χ0v) is 11.6. The van der Waals surface area contributed by atoms with Gasteiger partial charge in [-0.1, -0.05) is 0 Å². The minimum Gasteiger partial charge on any atom is -0.407 e. The largest absolute Gasteiger partial charge is 0.418 e. The van der Waals surface area contributed by atoms with Crippen LogP contribution in [0, 0.1) is 0 Å². The predicted molar refractivity (Wildman–Crippen MR) is 74.8 cm³/mol. The van der Waals surface area contributed by atoms with E-state index >= 15 is 0 Å². The summed E-state index contributed by atoms with van der Waals surface area (Å²) in [6.45, 7) is 0. The lowest BCUT2D eigenvalue weighted by molar-refractivity contribution is -0.136. The van der Waals surface area contributed by atoms with Crippen LogP contribution < -0.4 is 5.76 Å². The van der Waals surface area contributed by atoms with Crippen molar-refractivity contribution in [3.63, 3.8) is 0 Å². The molecule has 8 heteroatoms. The highest BCUT2D eigenvalue weighted by Crippen LogP contribution is 2.40. The van der Waals surface area contributed by atoms with Gasteiger partial charge in [-0.2, -0.15) is 13.2 Å². The fraction of sp³-hybridized carbons (Fsp3) is 0.267. The van der Waals surface area contributed by atoms with Gasteiger partial charge in [0.1, 0.15) is 5.52 Å². The van der Waals surface area contributed by atoms with E-state index < -0.39 is 17.5 Å². The molecule has 2 aromatic heterocycles. The molecule has 0 atom stereocenters. The van der Waals surface area contributed by atoms with Gasteiger partial charge in [-0.25, -0.2) is 4.79 Å². The smallest absolute Gasteiger partial charge is 0.407 e. The lowest BCUT2D eigenvalue weighted by Gasteiger charge is -2.09. The van der Waals surface area contributed by atoms with Crippen molar-refractivity contribution >= 4 is 11.1 Å². The highest BCUT2D eigenvalue weighted by atomic mass is 19.4. The number of fused-ring (bicyclic) bond motifs is 1. The van der Waals surface area contributed by atoms with Gasteiger partial charge in [-0.15, -0.1) is 0 Å². The van der Waals surface area contributed by atoms with Crippen LogP contribution in [0.2, 0.25) is 0 Å². The second kappa shape index (κ2) is 4.68. The average Bonchev–Trinajstić information content (AvgIpc) is 3.26. The van der Waals surface area contributed by atoms with Crippen molar-refractivity contribution in [3.05, 3.63) is 46.3 Å². The zero-order valence-electron chi connectivity index (χ0n) is 11.6. The molecule has 0 saturated heterocycles. The minimum absolute atomic E-state index is 0.168. The summed E-state index contributed by atoms with van der Waals surface area (Å²) in [6.07, 6.45) is 0.658. The van der Waals surface area contributed by atoms with Crippen molar-refractivity contribution in [1.82, 2.24) is 15.0 Å². The molecule has 3 aromatic rings. The quantitative estimate of drug-likeness (QED) is 0.784. The lowest BCUT2D eigenvalue weighted by atomic mass is 10.1. The van der Waals surface area contributed by atoms with E-state index in [2.05, 4.69) is 15.0 Å². The van der Waals surface area contributed by atoms with Crippen molar-refractivity contribution in [2.24, 2.45) is 0 Å². The highest BCUT2D eigenvalue weighted by Gasteiger charge is 2.35. The molecule has 1 aliphatic carbocycles. The third kappa shape index (κ3) is 2.39. The molecule has 5 nitrogen and oxygen atoms in total. The molecule has 1 N–H and O–H groups in total. The van der Waals surface area contributed by atoms with Crippen LogP contribution in [0.15, 0.2) is 33.7 Å². The van der Waals surface area contributed by atoms with Crippen LogP contribution in [-0.4, -0.2) is 15.0 Å². The van der Waals surface area contributed by atoms with Gasteiger partial charge in [0, 0.05) is 17.7 Å². The molecule has 2 heterocycles. The molecular weight excluding hydrogens is 311 g/mol. The number of nitrogens with zero attached hydrogens (tertiary/aromatic N) is 2. The maximum Gasteiger partial charge on any atom is 0.418 e. The van der Waals surface area contributed by atoms with E-state index in [9.17, 15) is 18.0 Å². The van der Waals surface area contributed by atoms with Gasteiger partial charge >= 0.3 is 11.9 Å². The Morgan fingerprint density at radius 2 is 1.96 bits per heavy atom. The van der Waals surface area contributed by atoms with Crippen molar-refractivity contribution in [3.8, 4) is 11.3 Å². The Bertz CT molecular complexity index is 937. The molecule has 1 fully saturated rings. The second-order valence-corrected chi connectivity index (χ2v) is 5.48. The molecule has 0 radical (unpaired) electrons. The van der Waals surface area contributed by atoms with Crippen LogP contribution in [0.3, 0.4) is 0 Å². The first-order valence-corrected chi connectivity index (χ1v) is 6.99. The van der Waals surface area contributed by atoms with Crippen molar-refractivity contribution < 1.29 is 17.6 Å². The molecule has 1 aliphatic rings. The molecular formula is C15H10F3N3O2. The van der Waals surface area contributed by atoms with Crippen LogP contribution in [0.5, 0.6) is 0 Å². The molecule has 0 unspecified atom stereocenters. The molecule has 1 saturated carbocycles. The summed E-state index contributed by atoms with van der Waals surface area (Å²) in [6, 6.07) is 2.14. The van der Waals surface area contributed by atoms with Crippen LogP contribution >= 0.6 is 0 Å². The number of hydrogen-bond acceptors (Lipinski definition) is 4. The Balaban J connectivity index is 1.88. The highest BCUT2D eigenvalue weighted by molar-refractivity contribution is 5.91. The summed E-state index contributed by atoms with van der Waals surface area (Å²) in [5, 5.41) is 0. The third-order valence-electron chi connectivity index (χ3n) is 3.83. The number of aromatic nitrogens is 3. The van der Waals surface area contributed by atoms with E-state index in [1.165, 1.54) is 12.3 Å². The lowest BCUT2D eigenvalue weighted by Crippen LogP contribution is -2.06. The summed E-state index contributed by atoms with van der Waals surface area (Å²) in [5.41, 5.74) is 0.0144. The number of rotatable bonds is 2. The van der Waals surface area contributed by atoms with Crippen molar-refractivity contribution in [1.29, 1.82) is 0 Å². The number of alkyl halides is 3. The Kier molecular flexibility index (Phi) is 2.84. The van der Waals surface area contributed by atoms with E-state index in [1.807, 2.05) is 0 Å². The first-order chi connectivity index (χ1) is 10.9. The van der Waals surface area contributed by atoms with Crippen LogP contribution in [-0.2, 0) is 6.18 Å². The number of oxazole rings is 1. The first-order valence-electron chi connectivity index (χ1n) is 6.99. The van der Waals surface area contributed by atoms with Gasteiger partial charge in [0.15, 0.2) is 5.58 Å². The number of halogens is 3. The van der Waals surface area contributed by atoms with Gasteiger partial charge in [-0.3, -0.25) is 15.0 Å². The first kappa shape index (κ1) is 14.0. The summed E-state index contributed by atoms with van der Waals surface area (Å²) in [5.74, 6) is -0.519. The maximum atomic E-state index is 13.0. The molecule has 0 spiro atoms. The monoisotopic (exact) mass is 321 g/mol. The molecule has 4 rings (SSSR count). The van der Waals surface area contributed by atoms with Crippen LogP contribution in [0.1, 0.15) is 30.0 Å². The third-order valence-corrected chi connectivity index (χ3v) is 3.83. The van der Waals surface area contributed by atoms with E-state index in [0.29, 0.717) is 17.2 Å². The number of hydrogen-bond donors (Lipinski definition) is 1. The number of benzene rings is 1. The number of H-pyrrole nitrogens is 1. The molecule has 0 aliphatic heterocycles.